The first-order valence-electron chi connectivity index (χ1n) is 13.6. The molecule has 0 saturated heterocycles. The Morgan fingerprint density at radius 3 is 1.93 bits per heavy atom. The van der Waals surface area contributed by atoms with Crippen LogP contribution in [0.4, 0.5) is 5.69 Å². The van der Waals surface area contributed by atoms with Gasteiger partial charge >= 0.3 is 0 Å². The number of nitrogens with zero attached hydrogens (tertiary/aromatic N) is 2. The molecule has 0 aliphatic carbocycles. The molecule has 2 amide bonds. The van der Waals surface area contributed by atoms with Gasteiger partial charge in [0.2, 0.25) is 21.8 Å². The highest BCUT2D eigenvalue weighted by Gasteiger charge is 2.32. The van der Waals surface area contributed by atoms with E-state index in [1.807, 2.05) is 100 Å². The van der Waals surface area contributed by atoms with Crippen molar-refractivity contribution >= 4 is 27.5 Å². The summed E-state index contributed by atoms with van der Waals surface area (Å²) in [4.78, 5) is 29.1. The molecule has 0 aromatic heterocycles. The van der Waals surface area contributed by atoms with E-state index in [0.717, 1.165) is 16.7 Å². The highest BCUT2D eigenvalue weighted by Crippen LogP contribution is 2.21. The molecule has 40 heavy (non-hydrogen) atoms. The van der Waals surface area contributed by atoms with Gasteiger partial charge in [-0.3, -0.25) is 13.9 Å². The van der Waals surface area contributed by atoms with Crippen molar-refractivity contribution in [3.05, 3.63) is 102 Å². The average molecular weight is 564 g/mol. The lowest BCUT2D eigenvalue weighted by Crippen LogP contribution is -2.54. The number of nitrogens with one attached hydrogen (secondary N) is 1. The predicted octanol–water partition coefficient (Wildman–Crippen LogP) is 5.10. The molecule has 0 aliphatic heterocycles. The molecular formula is C32H41N3O4S. The van der Waals surface area contributed by atoms with Crippen LogP contribution >= 0.6 is 0 Å². The molecule has 7 nitrogen and oxygen atoms in total. The maximum Gasteiger partial charge on any atom is 0.243 e. The topological polar surface area (TPSA) is 86.8 Å². The Bertz CT molecular complexity index is 1350. The van der Waals surface area contributed by atoms with Gasteiger partial charge in [-0.2, -0.15) is 0 Å². The van der Waals surface area contributed by atoms with Crippen molar-refractivity contribution in [2.45, 2.75) is 65.1 Å². The van der Waals surface area contributed by atoms with Gasteiger partial charge in [-0.25, -0.2) is 8.42 Å². The maximum atomic E-state index is 13.8. The molecule has 214 valence electrons. The van der Waals surface area contributed by atoms with E-state index in [-0.39, 0.29) is 31.3 Å². The first kappa shape index (κ1) is 30.9. The average Bonchev–Trinajstić information content (AvgIpc) is 2.89. The van der Waals surface area contributed by atoms with Crippen molar-refractivity contribution in [1.29, 1.82) is 0 Å². The minimum absolute atomic E-state index is 0.0960. The second-order valence-corrected chi connectivity index (χ2v) is 13.1. The lowest BCUT2D eigenvalue weighted by molar-refractivity contribution is -0.142. The molecule has 1 unspecified atom stereocenters. The summed E-state index contributed by atoms with van der Waals surface area (Å²) in [6.45, 7) is 8.11. The maximum absolute atomic E-state index is 13.8. The molecule has 8 heteroatoms. The largest absolute Gasteiger partial charge is 0.350 e. The number of rotatable bonds is 12. The molecule has 3 rings (SSSR count). The van der Waals surface area contributed by atoms with Gasteiger partial charge in [-0.15, -0.1) is 0 Å². The zero-order valence-electron chi connectivity index (χ0n) is 24.1. The molecule has 3 aromatic rings. The molecule has 1 atom stereocenters. The van der Waals surface area contributed by atoms with Crippen LogP contribution in [0, 0.1) is 6.92 Å². The van der Waals surface area contributed by atoms with Crippen LogP contribution < -0.4 is 9.62 Å². The number of hydrogen-bond donors (Lipinski definition) is 1. The predicted molar refractivity (Wildman–Crippen MR) is 161 cm³/mol. The van der Waals surface area contributed by atoms with Crippen molar-refractivity contribution in [3.8, 4) is 0 Å². The van der Waals surface area contributed by atoms with Crippen LogP contribution in [0.15, 0.2) is 84.9 Å². The first-order chi connectivity index (χ1) is 18.8. The van der Waals surface area contributed by atoms with Gasteiger partial charge in [0, 0.05) is 31.5 Å². The number of amides is 2. The zero-order chi connectivity index (χ0) is 29.3. The number of hydrogen-bond acceptors (Lipinski definition) is 4. The third-order valence-corrected chi connectivity index (χ3v) is 7.63. The van der Waals surface area contributed by atoms with E-state index in [9.17, 15) is 18.0 Å². The monoisotopic (exact) mass is 563 g/mol. The number of carbonyl (C=O) groups is 2. The summed E-state index contributed by atoms with van der Waals surface area (Å²) >= 11 is 0. The van der Waals surface area contributed by atoms with Gasteiger partial charge in [0.05, 0.1) is 11.9 Å². The Morgan fingerprint density at radius 1 is 0.850 bits per heavy atom. The number of benzene rings is 3. The first-order valence-corrected chi connectivity index (χ1v) is 15.4. The standard InChI is InChI=1S/C32H41N3O4S/c1-25-18-20-28(21-19-25)35(40(5,38)39)22-12-17-30(36)34(24-27-15-10-7-11-16-27)29(31(37)33-32(2,3)4)23-26-13-8-6-9-14-26/h6-11,13-16,18-21,29H,12,17,22-24H2,1-5H3,(H,33,37). The molecule has 0 bridgehead atoms. The Morgan fingerprint density at radius 2 is 1.40 bits per heavy atom. The fourth-order valence-electron chi connectivity index (χ4n) is 4.50. The molecule has 0 saturated carbocycles. The summed E-state index contributed by atoms with van der Waals surface area (Å²) in [5.41, 5.74) is 2.98. The summed E-state index contributed by atoms with van der Waals surface area (Å²) < 4.78 is 26.5. The summed E-state index contributed by atoms with van der Waals surface area (Å²) in [6.07, 6.45) is 1.94. The normalized spacial score (nSPS) is 12.4. The van der Waals surface area contributed by atoms with Crippen LogP contribution in [0.1, 0.15) is 50.3 Å². The van der Waals surface area contributed by atoms with Crippen molar-refractivity contribution in [1.82, 2.24) is 10.2 Å². The summed E-state index contributed by atoms with van der Waals surface area (Å²) in [5, 5.41) is 3.06. The van der Waals surface area contributed by atoms with Crippen LogP contribution in [-0.2, 0) is 32.6 Å². The summed E-state index contributed by atoms with van der Waals surface area (Å²) in [5.74, 6) is -0.427. The third kappa shape index (κ3) is 9.52. The van der Waals surface area contributed by atoms with E-state index in [1.165, 1.54) is 10.6 Å². The van der Waals surface area contributed by atoms with Crippen LogP contribution in [0.25, 0.3) is 0 Å². The van der Waals surface area contributed by atoms with Crippen molar-refractivity contribution in [2.75, 3.05) is 17.1 Å². The lowest BCUT2D eigenvalue weighted by atomic mass is 10.00. The molecule has 0 aliphatic rings. The van der Waals surface area contributed by atoms with Crippen molar-refractivity contribution in [3.63, 3.8) is 0 Å². The zero-order valence-corrected chi connectivity index (χ0v) is 24.9. The fourth-order valence-corrected chi connectivity index (χ4v) is 5.47. The smallest absolute Gasteiger partial charge is 0.243 e. The van der Waals surface area contributed by atoms with Crippen LogP contribution in [-0.4, -0.2) is 49.5 Å². The van der Waals surface area contributed by atoms with Crippen molar-refractivity contribution in [2.24, 2.45) is 0 Å². The SMILES string of the molecule is Cc1ccc(N(CCCC(=O)N(Cc2ccccc2)C(Cc2ccccc2)C(=O)NC(C)(C)C)S(C)(=O)=O)cc1. The quantitative estimate of drug-likeness (QED) is 0.332. The minimum Gasteiger partial charge on any atom is -0.350 e. The molecule has 3 aromatic carbocycles. The highest BCUT2D eigenvalue weighted by molar-refractivity contribution is 7.92. The van der Waals surface area contributed by atoms with Gasteiger partial charge in [-0.1, -0.05) is 78.4 Å². The van der Waals surface area contributed by atoms with E-state index in [0.29, 0.717) is 18.5 Å². The molecule has 0 spiro atoms. The fraction of sp³-hybridized carbons (Fsp3) is 0.375. The van der Waals surface area contributed by atoms with Gasteiger partial charge in [-0.05, 0) is 57.4 Å². The number of carbonyl (C=O) groups excluding carboxylic acids is 2. The molecule has 0 fully saturated rings. The minimum atomic E-state index is -3.54. The van der Waals surface area contributed by atoms with E-state index in [1.54, 1.807) is 17.0 Å². The Kier molecular flexibility index (Phi) is 10.5. The number of anilines is 1. The lowest BCUT2D eigenvalue weighted by Gasteiger charge is -2.34. The van der Waals surface area contributed by atoms with Gasteiger partial charge in [0.1, 0.15) is 6.04 Å². The highest BCUT2D eigenvalue weighted by atomic mass is 32.2. The number of aryl methyl sites for hydroxylation is 1. The van der Waals surface area contributed by atoms with Crippen LogP contribution in [0.3, 0.4) is 0 Å². The number of sulfonamides is 1. The van der Waals surface area contributed by atoms with Crippen LogP contribution in [0.2, 0.25) is 0 Å². The molecule has 0 radical (unpaired) electrons. The molecule has 1 N–H and O–H groups in total. The van der Waals surface area contributed by atoms with E-state index in [2.05, 4.69) is 5.32 Å². The molecular weight excluding hydrogens is 522 g/mol. The van der Waals surface area contributed by atoms with E-state index in [4.69, 9.17) is 0 Å². The second-order valence-electron chi connectivity index (χ2n) is 11.2. The van der Waals surface area contributed by atoms with Gasteiger partial charge in [0.15, 0.2) is 0 Å². The Labute approximate surface area is 239 Å². The van der Waals surface area contributed by atoms with Crippen molar-refractivity contribution < 1.29 is 18.0 Å². The van der Waals surface area contributed by atoms with E-state index >= 15 is 0 Å². The third-order valence-electron chi connectivity index (χ3n) is 6.44. The Balaban J connectivity index is 1.87. The van der Waals surface area contributed by atoms with Gasteiger partial charge < -0.3 is 10.2 Å². The second kappa shape index (κ2) is 13.6. The summed E-state index contributed by atoms with van der Waals surface area (Å²) in [7, 11) is -3.54. The van der Waals surface area contributed by atoms with Crippen LogP contribution in [0.5, 0.6) is 0 Å². The Hall–Kier alpha value is -3.65. The van der Waals surface area contributed by atoms with Gasteiger partial charge in [0.25, 0.3) is 0 Å². The summed E-state index contributed by atoms with van der Waals surface area (Å²) in [6, 6.07) is 25.8. The van der Waals surface area contributed by atoms with E-state index < -0.39 is 21.6 Å². The molecule has 0 heterocycles.